The molecule has 2 aromatic rings. The topological polar surface area (TPSA) is 90.0 Å². The highest BCUT2D eigenvalue weighted by Crippen LogP contribution is 2.25. The van der Waals surface area contributed by atoms with Crippen LogP contribution in [0.15, 0.2) is 21.7 Å². The Morgan fingerprint density at radius 2 is 2.00 bits per heavy atom. The highest BCUT2D eigenvalue weighted by molar-refractivity contribution is 7.92. The first-order valence-corrected chi connectivity index (χ1v) is 7.58. The zero-order valence-electron chi connectivity index (χ0n) is 12.1. The number of rotatable bonds is 3. The molecule has 0 saturated heterocycles. The summed E-state index contributed by atoms with van der Waals surface area (Å²) in [7, 11) is -2.04. The summed E-state index contributed by atoms with van der Waals surface area (Å²) < 4.78 is 33.5. The van der Waals surface area contributed by atoms with Gasteiger partial charge in [0.2, 0.25) is 0 Å². The van der Waals surface area contributed by atoms with E-state index in [-0.39, 0.29) is 16.1 Å². The number of aromatic nitrogens is 3. The fourth-order valence-electron chi connectivity index (χ4n) is 1.71. The lowest BCUT2D eigenvalue weighted by Crippen LogP contribution is -2.14. The van der Waals surface area contributed by atoms with E-state index in [1.54, 1.807) is 20.0 Å². The van der Waals surface area contributed by atoms with Crippen molar-refractivity contribution in [2.24, 2.45) is 7.05 Å². The molecule has 0 radical (unpaired) electrons. The largest absolute Gasteiger partial charge is 0.359 e. The van der Waals surface area contributed by atoms with Crippen LogP contribution in [0.3, 0.4) is 0 Å². The molecule has 0 saturated carbocycles. The first-order chi connectivity index (χ1) is 9.09. The molecule has 0 bridgehead atoms. The molecule has 20 heavy (non-hydrogen) atoms. The van der Waals surface area contributed by atoms with E-state index in [0.29, 0.717) is 11.5 Å². The van der Waals surface area contributed by atoms with E-state index >= 15 is 0 Å². The smallest absolute Gasteiger partial charge is 0.266 e. The molecule has 0 aromatic carbocycles. The first-order valence-electron chi connectivity index (χ1n) is 6.10. The van der Waals surface area contributed by atoms with E-state index < -0.39 is 10.0 Å². The van der Waals surface area contributed by atoms with Crippen LogP contribution in [0.4, 0.5) is 5.82 Å². The zero-order valence-corrected chi connectivity index (χ0v) is 12.9. The minimum absolute atomic E-state index is 0.125. The second-order valence-corrected chi connectivity index (χ2v) is 7.34. The summed E-state index contributed by atoms with van der Waals surface area (Å²) in [4.78, 5) is 0.125. The van der Waals surface area contributed by atoms with E-state index in [1.165, 1.54) is 10.9 Å². The standard InChI is InChI=1S/C12H18N4O3S/c1-8-9(7-16(5)13-8)20(17,18)15-11-6-10(19-14-11)12(2,3)4/h6-7H,1-5H3,(H,14,15). The fourth-order valence-corrected chi connectivity index (χ4v) is 2.91. The Morgan fingerprint density at radius 1 is 1.35 bits per heavy atom. The van der Waals surface area contributed by atoms with Gasteiger partial charge in [0.25, 0.3) is 10.0 Å². The summed E-state index contributed by atoms with van der Waals surface area (Å²) in [5, 5.41) is 7.75. The Balaban J connectivity index is 2.29. The van der Waals surface area contributed by atoms with Crippen LogP contribution in [0.1, 0.15) is 32.2 Å². The maximum absolute atomic E-state index is 12.2. The molecular weight excluding hydrogens is 280 g/mol. The maximum atomic E-state index is 12.2. The van der Waals surface area contributed by atoms with E-state index in [0.717, 1.165) is 0 Å². The minimum Gasteiger partial charge on any atom is -0.359 e. The number of anilines is 1. The summed E-state index contributed by atoms with van der Waals surface area (Å²) in [6.07, 6.45) is 1.45. The lowest BCUT2D eigenvalue weighted by atomic mass is 9.93. The van der Waals surface area contributed by atoms with Crippen LogP contribution in [0.5, 0.6) is 0 Å². The summed E-state index contributed by atoms with van der Waals surface area (Å²) >= 11 is 0. The number of sulfonamides is 1. The van der Waals surface area contributed by atoms with E-state index in [1.807, 2.05) is 20.8 Å². The minimum atomic E-state index is -3.71. The van der Waals surface area contributed by atoms with Crippen molar-refractivity contribution in [1.82, 2.24) is 14.9 Å². The van der Waals surface area contributed by atoms with Gasteiger partial charge < -0.3 is 4.52 Å². The van der Waals surface area contributed by atoms with Crippen molar-refractivity contribution in [3.05, 3.63) is 23.7 Å². The molecule has 0 unspecified atom stereocenters. The van der Waals surface area contributed by atoms with Crippen LogP contribution in [0.2, 0.25) is 0 Å². The number of hydrogen-bond acceptors (Lipinski definition) is 5. The van der Waals surface area contributed by atoms with Gasteiger partial charge in [-0.2, -0.15) is 5.10 Å². The molecule has 7 nitrogen and oxygen atoms in total. The SMILES string of the molecule is Cc1nn(C)cc1S(=O)(=O)Nc1cc(C(C)(C)C)on1. The van der Waals surface area contributed by atoms with Crippen molar-refractivity contribution in [1.29, 1.82) is 0 Å². The molecule has 110 valence electrons. The van der Waals surface area contributed by atoms with Gasteiger partial charge >= 0.3 is 0 Å². The van der Waals surface area contributed by atoms with Crippen LogP contribution in [0.25, 0.3) is 0 Å². The van der Waals surface area contributed by atoms with Crippen LogP contribution in [0, 0.1) is 6.92 Å². The van der Waals surface area contributed by atoms with Crippen molar-refractivity contribution in [2.45, 2.75) is 38.0 Å². The highest BCUT2D eigenvalue weighted by atomic mass is 32.2. The van der Waals surface area contributed by atoms with E-state index in [9.17, 15) is 8.42 Å². The molecule has 8 heteroatoms. The Morgan fingerprint density at radius 3 is 2.45 bits per heavy atom. The molecule has 1 N–H and O–H groups in total. The molecule has 0 fully saturated rings. The third-order valence-corrected chi connectivity index (χ3v) is 4.20. The number of hydrogen-bond donors (Lipinski definition) is 1. The number of aryl methyl sites for hydroxylation is 2. The van der Waals surface area contributed by atoms with Gasteiger partial charge in [0, 0.05) is 24.7 Å². The Hall–Kier alpha value is -1.83. The Bertz CT molecular complexity index is 722. The van der Waals surface area contributed by atoms with Crippen LogP contribution >= 0.6 is 0 Å². The van der Waals surface area contributed by atoms with Crippen molar-refractivity contribution in [3.8, 4) is 0 Å². The van der Waals surface area contributed by atoms with Crippen molar-refractivity contribution < 1.29 is 12.9 Å². The van der Waals surface area contributed by atoms with Gasteiger partial charge in [0.15, 0.2) is 5.82 Å². The van der Waals surface area contributed by atoms with Crippen molar-refractivity contribution >= 4 is 15.8 Å². The molecule has 0 aliphatic rings. The second-order valence-electron chi connectivity index (χ2n) is 5.68. The molecule has 0 aliphatic heterocycles. The molecule has 0 atom stereocenters. The molecule has 0 amide bonds. The van der Waals surface area contributed by atoms with Gasteiger partial charge in [-0.15, -0.1) is 0 Å². The maximum Gasteiger partial charge on any atom is 0.266 e. The number of nitrogens with zero attached hydrogens (tertiary/aromatic N) is 3. The zero-order chi connectivity index (χ0) is 15.1. The average Bonchev–Trinajstić information content (AvgIpc) is 2.84. The van der Waals surface area contributed by atoms with Gasteiger partial charge in [0.1, 0.15) is 10.7 Å². The van der Waals surface area contributed by atoms with Gasteiger partial charge in [-0.1, -0.05) is 25.9 Å². The molecule has 2 heterocycles. The quantitative estimate of drug-likeness (QED) is 0.933. The summed E-state index contributed by atoms with van der Waals surface area (Å²) in [6, 6.07) is 1.59. The Labute approximate surface area is 118 Å². The average molecular weight is 298 g/mol. The Kier molecular flexibility index (Phi) is 3.37. The van der Waals surface area contributed by atoms with Crippen LogP contribution < -0.4 is 4.72 Å². The summed E-state index contributed by atoms with van der Waals surface area (Å²) in [5.41, 5.74) is 0.195. The lowest BCUT2D eigenvalue weighted by Gasteiger charge is -2.12. The van der Waals surface area contributed by atoms with E-state index in [4.69, 9.17) is 4.52 Å². The fraction of sp³-hybridized carbons (Fsp3) is 0.500. The molecule has 0 aliphatic carbocycles. The molecule has 2 aromatic heterocycles. The molecule has 0 spiro atoms. The van der Waals surface area contributed by atoms with Gasteiger partial charge in [-0.3, -0.25) is 9.40 Å². The summed E-state index contributed by atoms with van der Waals surface area (Å²) in [5.74, 6) is 0.774. The monoisotopic (exact) mass is 298 g/mol. The van der Waals surface area contributed by atoms with Crippen LogP contribution in [-0.4, -0.2) is 23.4 Å². The third kappa shape index (κ3) is 2.84. The van der Waals surface area contributed by atoms with Gasteiger partial charge in [-0.05, 0) is 6.92 Å². The van der Waals surface area contributed by atoms with Crippen molar-refractivity contribution in [3.63, 3.8) is 0 Å². The van der Waals surface area contributed by atoms with Crippen LogP contribution in [-0.2, 0) is 22.5 Å². The van der Waals surface area contributed by atoms with Crippen molar-refractivity contribution in [2.75, 3.05) is 4.72 Å². The molecular formula is C12H18N4O3S. The predicted octanol–water partition coefficient (Wildman–Crippen LogP) is 1.81. The predicted molar refractivity (Wildman–Crippen MR) is 74.0 cm³/mol. The number of nitrogens with one attached hydrogen (secondary N) is 1. The second kappa shape index (κ2) is 4.62. The summed E-state index contributed by atoms with van der Waals surface area (Å²) in [6.45, 7) is 7.50. The van der Waals surface area contributed by atoms with Gasteiger partial charge in [0.05, 0.1) is 5.69 Å². The lowest BCUT2D eigenvalue weighted by molar-refractivity contribution is 0.331. The molecule has 2 rings (SSSR count). The van der Waals surface area contributed by atoms with E-state index in [2.05, 4.69) is 15.0 Å². The highest BCUT2D eigenvalue weighted by Gasteiger charge is 2.24. The normalized spacial score (nSPS) is 12.7. The first kappa shape index (κ1) is 14.6. The third-order valence-electron chi connectivity index (χ3n) is 2.75. The van der Waals surface area contributed by atoms with Gasteiger partial charge in [-0.25, -0.2) is 8.42 Å².